The first-order valence-corrected chi connectivity index (χ1v) is 14.2. The van der Waals surface area contributed by atoms with Crippen LogP contribution in [0.1, 0.15) is 53.5 Å². The summed E-state index contributed by atoms with van der Waals surface area (Å²) in [6.45, 7) is 11.5. The molecule has 0 heterocycles. The summed E-state index contributed by atoms with van der Waals surface area (Å²) in [5, 5.41) is 0. The Balaban J connectivity index is 3.13. The number of hydrogen-bond donors (Lipinski definition) is 0. The number of methoxy groups -OCH3 is 1. The van der Waals surface area contributed by atoms with E-state index in [0.29, 0.717) is 6.29 Å². The third-order valence-electron chi connectivity index (χ3n) is 6.16. The van der Waals surface area contributed by atoms with Gasteiger partial charge in [0.1, 0.15) is 18.8 Å². The third kappa shape index (κ3) is 8.35. The number of carbonyl (C=O) groups excluding carboxylic acids is 3. The van der Waals surface area contributed by atoms with Gasteiger partial charge in [0, 0.05) is 7.11 Å². The largest absolute Gasteiger partial charge is 0.459 e. The minimum absolute atomic E-state index is 0.0815. The minimum atomic E-state index is -2.28. The van der Waals surface area contributed by atoms with Crippen molar-refractivity contribution in [3.8, 4) is 0 Å². The van der Waals surface area contributed by atoms with Gasteiger partial charge in [-0.25, -0.2) is 4.79 Å². The zero-order valence-electron chi connectivity index (χ0n) is 21.1. The Bertz CT molecular complexity index is 740. The van der Waals surface area contributed by atoms with Crippen molar-refractivity contribution in [2.24, 2.45) is 5.92 Å². The first-order valence-electron chi connectivity index (χ1n) is 11.7. The second-order valence-corrected chi connectivity index (χ2v) is 13.5. The molecule has 0 bridgehead atoms. The number of aldehydes is 1. The third-order valence-corrected chi connectivity index (χ3v) is 10.9. The highest BCUT2D eigenvalue weighted by atomic mass is 28.4. The van der Waals surface area contributed by atoms with E-state index in [-0.39, 0.29) is 18.9 Å². The molecule has 33 heavy (non-hydrogen) atoms. The SMILES string of the molecule is CC[Si](CC)(CC)O[C@@](C)(CC(=O)O[C@H](C(C)C)[C@H](C=O)OC)C(=O)OCc1ccccc1. The maximum atomic E-state index is 13.3. The molecule has 1 aromatic carbocycles. The van der Waals surface area contributed by atoms with Gasteiger partial charge >= 0.3 is 11.9 Å². The van der Waals surface area contributed by atoms with Gasteiger partial charge in [0.15, 0.2) is 20.2 Å². The lowest BCUT2D eigenvalue weighted by molar-refractivity contribution is -0.175. The molecule has 0 saturated carbocycles. The summed E-state index contributed by atoms with van der Waals surface area (Å²) in [5.41, 5.74) is -0.652. The van der Waals surface area contributed by atoms with Crippen molar-refractivity contribution in [1.29, 1.82) is 0 Å². The van der Waals surface area contributed by atoms with E-state index >= 15 is 0 Å². The summed E-state index contributed by atoms with van der Waals surface area (Å²) in [4.78, 5) is 37.6. The summed E-state index contributed by atoms with van der Waals surface area (Å²) < 4.78 is 22.9. The topological polar surface area (TPSA) is 88.1 Å². The molecule has 0 spiro atoms. The van der Waals surface area contributed by atoms with Gasteiger partial charge in [-0.2, -0.15) is 0 Å². The molecule has 0 radical (unpaired) electrons. The van der Waals surface area contributed by atoms with Crippen molar-refractivity contribution < 1.29 is 33.0 Å². The van der Waals surface area contributed by atoms with E-state index in [1.807, 2.05) is 44.2 Å². The van der Waals surface area contributed by atoms with Crippen molar-refractivity contribution >= 4 is 26.5 Å². The summed E-state index contributed by atoms with van der Waals surface area (Å²) in [6.07, 6.45) is -1.35. The Hall–Kier alpha value is -2.03. The molecule has 0 amide bonds. The highest BCUT2D eigenvalue weighted by Gasteiger charge is 2.46. The van der Waals surface area contributed by atoms with Gasteiger partial charge in [0.25, 0.3) is 0 Å². The maximum absolute atomic E-state index is 13.3. The molecule has 0 fully saturated rings. The Morgan fingerprint density at radius 1 is 1.06 bits per heavy atom. The van der Waals surface area contributed by atoms with Gasteiger partial charge < -0.3 is 23.4 Å². The molecular formula is C25H40O7Si. The average molecular weight is 481 g/mol. The van der Waals surface area contributed by atoms with E-state index < -0.39 is 38.1 Å². The van der Waals surface area contributed by atoms with Crippen LogP contribution in [-0.4, -0.2) is 51.5 Å². The number of ether oxygens (including phenoxy) is 3. The van der Waals surface area contributed by atoms with Gasteiger partial charge in [0.05, 0.1) is 6.42 Å². The standard InChI is InChI=1S/C25H40O7Si/c1-8-33(9-2,10-3)32-25(6,24(28)30-18-20-14-12-11-13-15-20)16-22(27)31-23(19(4)5)21(17-26)29-7/h11-15,17,19,21,23H,8-10,16,18H2,1-7H3/t21-,23+,25-/m0/s1. The van der Waals surface area contributed by atoms with E-state index in [2.05, 4.69) is 20.8 Å². The van der Waals surface area contributed by atoms with Crippen LogP contribution in [0.5, 0.6) is 0 Å². The van der Waals surface area contributed by atoms with E-state index in [0.717, 1.165) is 23.7 Å². The number of rotatable bonds is 15. The van der Waals surface area contributed by atoms with Crippen LogP contribution in [0.4, 0.5) is 0 Å². The van der Waals surface area contributed by atoms with Crippen LogP contribution in [0, 0.1) is 5.92 Å². The summed E-state index contributed by atoms with van der Waals surface area (Å²) in [5.74, 6) is -1.39. The molecule has 0 saturated heterocycles. The zero-order valence-corrected chi connectivity index (χ0v) is 22.1. The van der Waals surface area contributed by atoms with Crippen LogP contribution < -0.4 is 0 Å². The first-order chi connectivity index (χ1) is 15.6. The molecule has 0 N–H and O–H groups in total. The molecule has 0 aromatic heterocycles. The Morgan fingerprint density at radius 2 is 1.64 bits per heavy atom. The van der Waals surface area contributed by atoms with E-state index in [4.69, 9.17) is 18.6 Å². The normalized spacial score (nSPS) is 15.4. The van der Waals surface area contributed by atoms with Crippen LogP contribution in [0.2, 0.25) is 18.1 Å². The minimum Gasteiger partial charge on any atom is -0.459 e. The van der Waals surface area contributed by atoms with Gasteiger partial charge in [-0.3, -0.25) is 4.79 Å². The lowest BCUT2D eigenvalue weighted by Gasteiger charge is -2.38. The molecule has 8 heteroatoms. The first kappa shape index (κ1) is 29.0. The maximum Gasteiger partial charge on any atom is 0.337 e. The number of esters is 2. The van der Waals surface area contributed by atoms with Crippen molar-refractivity contribution in [3.05, 3.63) is 35.9 Å². The molecule has 1 aromatic rings. The fourth-order valence-electron chi connectivity index (χ4n) is 3.79. The van der Waals surface area contributed by atoms with Crippen molar-refractivity contribution in [2.75, 3.05) is 7.11 Å². The van der Waals surface area contributed by atoms with Crippen molar-refractivity contribution in [1.82, 2.24) is 0 Å². The monoisotopic (exact) mass is 480 g/mol. The summed E-state index contributed by atoms with van der Waals surface area (Å²) >= 11 is 0. The van der Waals surface area contributed by atoms with E-state index in [9.17, 15) is 14.4 Å². The van der Waals surface area contributed by atoms with Gasteiger partial charge in [0.2, 0.25) is 0 Å². The summed E-state index contributed by atoms with van der Waals surface area (Å²) in [6, 6.07) is 11.8. The molecule has 7 nitrogen and oxygen atoms in total. The van der Waals surface area contributed by atoms with Crippen LogP contribution in [0.3, 0.4) is 0 Å². The number of carbonyl (C=O) groups is 3. The lowest BCUT2D eigenvalue weighted by atomic mass is 10.0. The Labute approximate surface area is 199 Å². The molecule has 3 atom stereocenters. The molecule has 0 aliphatic heterocycles. The molecular weight excluding hydrogens is 440 g/mol. The molecule has 1 rings (SSSR count). The van der Waals surface area contributed by atoms with Gasteiger partial charge in [-0.1, -0.05) is 65.0 Å². The highest BCUT2D eigenvalue weighted by molar-refractivity contribution is 6.73. The fraction of sp³-hybridized carbons (Fsp3) is 0.640. The quantitative estimate of drug-likeness (QED) is 0.204. The predicted octanol–water partition coefficient (Wildman–Crippen LogP) is 4.68. The molecule has 0 unspecified atom stereocenters. The van der Waals surface area contributed by atoms with E-state index in [1.165, 1.54) is 7.11 Å². The zero-order chi connectivity index (χ0) is 25.1. The molecule has 186 valence electrons. The van der Waals surface area contributed by atoms with Gasteiger partial charge in [-0.05, 0) is 36.5 Å². The highest BCUT2D eigenvalue weighted by Crippen LogP contribution is 2.32. The number of benzene rings is 1. The molecule has 0 aliphatic carbocycles. The summed E-state index contributed by atoms with van der Waals surface area (Å²) in [7, 11) is -0.889. The average Bonchev–Trinajstić information content (AvgIpc) is 2.81. The van der Waals surface area contributed by atoms with Gasteiger partial charge in [-0.15, -0.1) is 0 Å². The van der Waals surface area contributed by atoms with Crippen LogP contribution in [0.15, 0.2) is 30.3 Å². The molecule has 0 aliphatic rings. The second kappa shape index (κ2) is 13.6. The van der Waals surface area contributed by atoms with Crippen LogP contribution in [0.25, 0.3) is 0 Å². The van der Waals surface area contributed by atoms with Crippen LogP contribution >= 0.6 is 0 Å². The van der Waals surface area contributed by atoms with Crippen molar-refractivity contribution in [3.63, 3.8) is 0 Å². The Morgan fingerprint density at radius 3 is 2.09 bits per heavy atom. The van der Waals surface area contributed by atoms with E-state index in [1.54, 1.807) is 6.92 Å². The lowest BCUT2D eigenvalue weighted by Crippen LogP contribution is -2.52. The van der Waals surface area contributed by atoms with Crippen molar-refractivity contribution in [2.45, 2.75) is 90.5 Å². The fourth-order valence-corrected chi connectivity index (χ4v) is 6.83. The number of hydrogen-bond acceptors (Lipinski definition) is 7. The smallest absolute Gasteiger partial charge is 0.337 e. The Kier molecular flexibility index (Phi) is 12.0. The second-order valence-electron chi connectivity index (χ2n) is 8.85. The van der Waals surface area contributed by atoms with Crippen LogP contribution in [-0.2, 0) is 39.6 Å². The predicted molar refractivity (Wildman–Crippen MR) is 129 cm³/mol.